The molecule has 0 spiro atoms. The van der Waals surface area contributed by atoms with Crippen molar-refractivity contribution in [2.45, 2.75) is 13.5 Å². The Labute approximate surface area is 94.7 Å². The highest BCUT2D eigenvalue weighted by Crippen LogP contribution is 2.16. The Morgan fingerprint density at radius 1 is 1.19 bits per heavy atom. The van der Waals surface area contributed by atoms with Gasteiger partial charge in [-0.3, -0.25) is 4.98 Å². The van der Waals surface area contributed by atoms with Crippen molar-refractivity contribution in [3.05, 3.63) is 23.5 Å². The lowest BCUT2D eigenvalue weighted by Gasteiger charge is -2.10. The molecule has 0 saturated heterocycles. The van der Waals surface area contributed by atoms with Crippen LogP contribution < -0.4 is 4.74 Å². The van der Waals surface area contributed by atoms with Crippen LogP contribution in [-0.4, -0.2) is 41.6 Å². The van der Waals surface area contributed by atoms with E-state index in [2.05, 4.69) is 4.98 Å². The van der Waals surface area contributed by atoms with E-state index in [-0.39, 0.29) is 13.2 Å². The van der Waals surface area contributed by atoms with Crippen molar-refractivity contribution < 1.29 is 19.7 Å². The Bertz CT molecular complexity index is 317. The third-order valence-electron chi connectivity index (χ3n) is 1.94. The molecule has 5 heteroatoms. The molecule has 16 heavy (non-hydrogen) atoms. The molecule has 0 radical (unpaired) electrons. The number of aliphatic hydroxyl groups is 2. The van der Waals surface area contributed by atoms with Gasteiger partial charge in [-0.15, -0.1) is 0 Å². The van der Waals surface area contributed by atoms with Crippen molar-refractivity contribution in [2.75, 3.05) is 26.4 Å². The third kappa shape index (κ3) is 4.14. The Kier molecular flexibility index (Phi) is 5.77. The van der Waals surface area contributed by atoms with Crippen LogP contribution in [0.5, 0.6) is 5.75 Å². The zero-order chi connectivity index (χ0) is 11.8. The van der Waals surface area contributed by atoms with E-state index >= 15 is 0 Å². The number of rotatable bonds is 7. The van der Waals surface area contributed by atoms with Gasteiger partial charge in [0.15, 0.2) is 0 Å². The molecule has 0 atom stereocenters. The molecule has 90 valence electrons. The second-order valence-electron chi connectivity index (χ2n) is 3.24. The summed E-state index contributed by atoms with van der Waals surface area (Å²) in [5, 5.41) is 17.6. The van der Waals surface area contributed by atoms with Gasteiger partial charge in [0.2, 0.25) is 0 Å². The van der Waals surface area contributed by atoms with Crippen LogP contribution in [0.4, 0.5) is 0 Å². The van der Waals surface area contributed by atoms with Gasteiger partial charge >= 0.3 is 0 Å². The van der Waals surface area contributed by atoms with Crippen LogP contribution in [0, 0.1) is 6.92 Å². The predicted octanol–water partition coefficient (Wildman–Crippen LogP) is 0.270. The first kappa shape index (κ1) is 12.9. The van der Waals surface area contributed by atoms with Crippen molar-refractivity contribution in [3.63, 3.8) is 0 Å². The minimum atomic E-state index is -0.144. The quantitative estimate of drug-likeness (QED) is 0.654. The van der Waals surface area contributed by atoms with Crippen LogP contribution >= 0.6 is 0 Å². The Balaban J connectivity index is 2.41. The molecule has 0 aromatic carbocycles. The molecule has 1 heterocycles. The highest BCUT2D eigenvalue weighted by Gasteiger charge is 2.04. The Hall–Kier alpha value is -1.17. The highest BCUT2D eigenvalue weighted by atomic mass is 16.5. The molecule has 0 fully saturated rings. The Morgan fingerprint density at radius 3 is 2.69 bits per heavy atom. The maximum atomic E-state index is 9.08. The molecule has 1 aromatic heterocycles. The summed E-state index contributed by atoms with van der Waals surface area (Å²) in [6.07, 6.45) is 0. The molecule has 0 unspecified atom stereocenters. The van der Waals surface area contributed by atoms with Crippen molar-refractivity contribution >= 4 is 0 Å². The van der Waals surface area contributed by atoms with Crippen LogP contribution in [0.15, 0.2) is 12.1 Å². The normalized spacial score (nSPS) is 10.4. The van der Waals surface area contributed by atoms with Gasteiger partial charge in [0.05, 0.1) is 26.4 Å². The van der Waals surface area contributed by atoms with E-state index in [0.717, 1.165) is 5.69 Å². The molecule has 5 nitrogen and oxygen atoms in total. The number of aromatic nitrogens is 1. The zero-order valence-electron chi connectivity index (χ0n) is 9.35. The lowest BCUT2D eigenvalue weighted by molar-refractivity contribution is 0.0698. The van der Waals surface area contributed by atoms with E-state index in [1.54, 1.807) is 6.07 Å². The van der Waals surface area contributed by atoms with Gasteiger partial charge in [0.25, 0.3) is 0 Å². The van der Waals surface area contributed by atoms with Crippen molar-refractivity contribution in [1.29, 1.82) is 0 Å². The second kappa shape index (κ2) is 7.16. The summed E-state index contributed by atoms with van der Waals surface area (Å²) in [7, 11) is 0. The molecule has 2 N–H and O–H groups in total. The first-order chi connectivity index (χ1) is 7.77. The number of nitrogens with zero attached hydrogens (tertiary/aromatic N) is 1. The smallest absolute Gasteiger partial charge is 0.143 e. The molecule has 0 bridgehead atoms. The van der Waals surface area contributed by atoms with Gasteiger partial charge < -0.3 is 19.7 Å². The van der Waals surface area contributed by atoms with Crippen LogP contribution in [0.2, 0.25) is 0 Å². The van der Waals surface area contributed by atoms with Crippen molar-refractivity contribution in [3.8, 4) is 5.75 Å². The topological polar surface area (TPSA) is 71.8 Å². The SMILES string of the molecule is Cc1ccc(OCCOCCO)c(CO)n1. The summed E-state index contributed by atoms with van der Waals surface area (Å²) < 4.78 is 10.4. The standard InChI is InChI=1S/C11H17NO4/c1-9-2-3-11(10(8-14)12-9)16-7-6-15-5-4-13/h2-3,13-14H,4-8H2,1H3. The molecular formula is C11H17NO4. The summed E-state index contributed by atoms with van der Waals surface area (Å²) in [5.41, 5.74) is 1.37. The largest absolute Gasteiger partial charge is 0.489 e. The monoisotopic (exact) mass is 227 g/mol. The van der Waals surface area contributed by atoms with Gasteiger partial charge in [-0.2, -0.15) is 0 Å². The van der Waals surface area contributed by atoms with Gasteiger partial charge in [-0.05, 0) is 19.1 Å². The van der Waals surface area contributed by atoms with E-state index in [9.17, 15) is 0 Å². The van der Waals surface area contributed by atoms with Gasteiger partial charge in [0, 0.05) is 5.69 Å². The zero-order valence-corrected chi connectivity index (χ0v) is 9.35. The van der Waals surface area contributed by atoms with Crippen LogP contribution in [-0.2, 0) is 11.3 Å². The van der Waals surface area contributed by atoms with Crippen molar-refractivity contribution in [1.82, 2.24) is 4.98 Å². The first-order valence-electron chi connectivity index (χ1n) is 5.16. The molecular weight excluding hydrogens is 210 g/mol. The minimum absolute atomic E-state index is 0.00791. The van der Waals surface area contributed by atoms with E-state index in [1.165, 1.54) is 0 Å². The molecule has 0 saturated carbocycles. The van der Waals surface area contributed by atoms with E-state index in [0.29, 0.717) is 31.3 Å². The van der Waals surface area contributed by atoms with E-state index in [1.807, 2.05) is 13.0 Å². The lowest BCUT2D eigenvalue weighted by atomic mass is 10.3. The minimum Gasteiger partial charge on any atom is -0.489 e. The van der Waals surface area contributed by atoms with E-state index in [4.69, 9.17) is 19.7 Å². The fraction of sp³-hybridized carbons (Fsp3) is 0.545. The van der Waals surface area contributed by atoms with Crippen molar-refractivity contribution in [2.24, 2.45) is 0 Å². The van der Waals surface area contributed by atoms with Gasteiger partial charge in [-0.25, -0.2) is 0 Å². The molecule has 0 aliphatic rings. The summed E-state index contributed by atoms with van der Waals surface area (Å²) in [6.45, 7) is 2.80. The second-order valence-corrected chi connectivity index (χ2v) is 3.24. The summed E-state index contributed by atoms with van der Waals surface area (Å²) >= 11 is 0. The molecule has 1 aromatic rings. The number of aliphatic hydroxyl groups excluding tert-OH is 2. The highest BCUT2D eigenvalue weighted by molar-refractivity contribution is 5.28. The number of aryl methyl sites for hydroxylation is 1. The average molecular weight is 227 g/mol. The number of ether oxygens (including phenoxy) is 2. The number of hydrogen-bond acceptors (Lipinski definition) is 5. The van der Waals surface area contributed by atoms with Gasteiger partial charge in [0.1, 0.15) is 18.1 Å². The molecule has 0 amide bonds. The van der Waals surface area contributed by atoms with Crippen LogP contribution in [0.25, 0.3) is 0 Å². The summed E-state index contributed by atoms with van der Waals surface area (Å²) in [6, 6.07) is 3.60. The number of pyridine rings is 1. The van der Waals surface area contributed by atoms with Gasteiger partial charge in [-0.1, -0.05) is 0 Å². The molecule has 1 rings (SSSR count). The summed E-state index contributed by atoms with van der Waals surface area (Å²) in [4.78, 5) is 4.15. The molecule has 0 aliphatic carbocycles. The Morgan fingerprint density at radius 2 is 2.00 bits per heavy atom. The molecule has 0 aliphatic heterocycles. The third-order valence-corrected chi connectivity index (χ3v) is 1.94. The fourth-order valence-corrected chi connectivity index (χ4v) is 1.22. The van der Waals surface area contributed by atoms with E-state index < -0.39 is 0 Å². The number of hydrogen-bond donors (Lipinski definition) is 2. The fourth-order valence-electron chi connectivity index (χ4n) is 1.22. The maximum absolute atomic E-state index is 9.08. The van der Waals surface area contributed by atoms with Crippen LogP contribution in [0.1, 0.15) is 11.4 Å². The predicted molar refractivity (Wildman–Crippen MR) is 58.3 cm³/mol. The van der Waals surface area contributed by atoms with Crippen LogP contribution in [0.3, 0.4) is 0 Å². The maximum Gasteiger partial charge on any atom is 0.143 e. The lowest BCUT2D eigenvalue weighted by Crippen LogP contribution is -2.10. The summed E-state index contributed by atoms with van der Waals surface area (Å²) in [5.74, 6) is 0.570. The first-order valence-corrected chi connectivity index (χ1v) is 5.16. The average Bonchev–Trinajstić information content (AvgIpc) is 2.30.